The molecule has 0 radical (unpaired) electrons. The van der Waals surface area contributed by atoms with Gasteiger partial charge in [0, 0.05) is 0 Å². The summed E-state index contributed by atoms with van der Waals surface area (Å²) in [5, 5.41) is 0. The first-order valence-corrected chi connectivity index (χ1v) is 8.64. The molecule has 0 aliphatic heterocycles. The molecule has 122 valence electrons. The van der Waals surface area contributed by atoms with Crippen LogP contribution in [-0.4, -0.2) is 0 Å². The van der Waals surface area contributed by atoms with Crippen LogP contribution >= 0.6 is 0 Å². The van der Waals surface area contributed by atoms with Crippen LogP contribution in [0, 0.1) is 13.8 Å². The Morgan fingerprint density at radius 2 is 0.958 bits per heavy atom. The second kappa shape index (κ2) is 6.28. The molecule has 24 heavy (non-hydrogen) atoms. The summed E-state index contributed by atoms with van der Waals surface area (Å²) in [6, 6.07) is 24.1. The molecule has 0 unspecified atom stereocenters. The summed E-state index contributed by atoms with van der Waals surface area (Å²) in [5.41, 5.74) is 9.52. The van der Waals surface area contributed by atoms with E-state index >= 15 is 0 Å². The summed E-state index contributed by atoms with van der Waals surface area (Å²) in [6.07, 6.45) is 0. The molecule has 0 spiro atoms. The highest BCUT2D eigenvalue weighted by molar-refractivity contribution is 5.71. The summed E-state index contributed by atoms with van der Waals surface area (Å²) < 4.78 is 0. The molecule has 0 aliphatic carbocycles. The van der Waals surface area contributed by atoms with E-state index in [1.54, 1.807) is 0 Å². The number of aryl methyl sites for hydroxylation is 2. The summed E-state index contributed by atoms with van der Waals surface area (Å²) in [4.78, 5) is 0. The zero-order valence-corrected chi connectivity index (χ0v) is 15.4. The normalized spacial score (nSPS) is 11.5. The van der Waals surface area contributed by atoms with Crippen molar-refractivity contribution in [2.75, 3.05) is 0 Å². The SMILES string of the molecule is Cc1cc(-c2ccc(-c3ccccc3)cc2)cc(C)c1C(C)(C)C. The second-order valence-electron chi connectivity index (χ2n) is 7.68. The van der Waals surface area contributed by atoms with E-state index < -0.39 is 0 Å². The van der Waals surface area contributed by atoms with Gasteiger partial charge in [0.05, 0.1) is 0 Å². The maximum Gasteiger partial charge on any atom is -0.0127 e. The van der Waals surface area contributed by atoms with Gasteiger partial charge >= 0.3 is 0 Å². The molecule has 0 heterocycles. The van der Waals surface area contributed by atoms with E-state index in [2.05, 4.69) is 101 Å². The molecule has 3 aromatic rings. The predicted molar refractivity (Wildman–Crippen MR) is 105 cm³/mol. The van der Waals surface area contributed by atoms with Gasteiger partial charge < -0.3 is 0 Å². The monoisotopic (exact) mass is 314 g/mol. The van der Waals surface area contributed by atoms with E-state index in [4.69, 9.17) is 0 Å². The molecule has 0 N–H and O–H groups in total. The van der Waals surface area contributed by atoms with E-state index in [-0.39, 0.29) is 5.41 Å². The van der Waals surface area contributed by atoms with Crippen molar-refractivity contribution < 1.29 is 0 Å². The first-order chi connectivity index (χ1) is 11.4. The fraction of sp³-hybridized carbons (Fsp3) is 0.250. The highest BCUT2D eigenvalue weighted by Crippen LogP contribution is 2.33. The van der Waals surface area contributed by atoms with E-state index in [1.165, 1.54) is 38.9 Å². The third kappa shape index (κ3) is 3.28. The Morgan fingerprint density at radius 3 is 1.42 bits per heavy atom. The molecule has 0 heteroatoms. The predicted octanol–water partition coefficient (Wildman–Crippen LogP) is 6.93. The van der Waals surface area contributed by atoms with Crippen molar-refractivity contribution in [3.8, 4) is 22.3 Å². The zero-order valence-electron chi connectivity index (χ0n) is 15.4. The number of benzene rings is 3. The van der Waals surface area contributed by atoms with Crippen LogP contribution in [0.1, 0.15) is 37.5 Å². The number of hydrogen-bond donors (Lipinski definition) is 0. The van der Waals surface area contributed by atoms with Gasteiger partial charge in [-0.1, -0.05) is 87.5 Å². The molecule has 0 atom stereocenters. The maximum absolute atomic E-state index is 2.32. The van der Waals surface area contributed by atoms with Crippen LogP contribution in [0.15, 0.2) is 66.7 Å². The summed E-state index contributed by atoms with van der Waals surface area (Å²) in [6.45, 7) is 11.3. The first-order valence-electron chi connectivity index (χ1n) is 8.64. The van der Waals surface area contributed by atoms with Crippen molar-refractivity contribution in [1.82, 2.24) is 0 Å². The highest BCUT2D eigenvalue weighted by atomic mass is 14.2. The molecule has 0 nitrogen and oxygen atoms in total. The Kier molecular flexibility index (Phi) is 4.32. The maximum atomic E-state index is 2.32. The molecule has 0 saturated carbocycles. The Morgan fingerprint density at radius 1 is 0.542 bits per heavy atom. The fourth-order valence-corrected chi connectivity index (χ4v) is 3.80. The average molecular weight is 314 g/mol. The molecule has 0 aromatic heterocycles. The Balaban J connectivity index is 1.98. The quantitative estimate of drug-likeness (QED) is 0.481. The Hall–Kier alpha value is -2.34. The third-order valence-electron chi connectivity index (χ3n) is 4.61. The standard InChI is InChI=1S/C24H26/c1-17-15-22(16-18(2)23(17)24(3,4)5)21-13-11-20(12-14-21)19-9-7-6-8-10-19/h6-16H,1-5H3. The molecule has 0 fully saturated rings. The van der Waals surface area contributed by atoms with Crippen molar-refractivity contribution in [3.05, 3.63) is 83.4 Å². The molecule has 0 saturated heterocycles. The summed E-state index contributed by atoms with van der Waals surface area (Å²) in [5.74, 6) is 0. The molecule has 0 amide bonds. The topological polar surface area (TPSA) is 0 Å². The van der Waals surface area contributed by atoms with Gasteiger partial charge in [0.25, 0.3) is 0 Å². The van der Waals surface area contributed by atoms with Gasteiger partial charge in [0.1, 0.15) is 0 Å². The molecule has 3 rings (SSSR count). The van der Waals surface area contributed by atoms with Crippen molar-refractivity contribution in [2.24, 2.45) is 0 Å². The van der Waals surface area contributed by atoms with Gasteiger partial charge in [0.2, 0.25) is 0 Å². The van der Waals surface area contributed by atoms with Gasteiger partial charge in [0.15, 0.2) is 0 Å². The molecule has 3 aromatic carbocycles. The van der Waals surface area contributed by atoms with Gasteiger partial charge in [-0.15, -0.1) is 0 Å². The average Bonchev–Trinajstić information content (AvgIpc) is 2.54. The van der Waals surface area contributed by atoms with Gasteiger partial charge in [-0.05, 0) is 58.2 Å². The van der Waals surface area contributed by atoms with Gasteiger partial charge in [-0.2, -0.15) is 0 Å². The van der Waals surface area contributed by atoms with Crippen LogP contribution in [0.25, 0.3) is 22.3 Å². The lowest BCUT2D eigenvalue weighted by Crippen LogP contribution is -2.15. The van der Waals surface area contributed by atoms with Crippen molar-refractivity contribution >= 4 is 0 Å². The Bertz CT molecular complexity index is 808. The molecule has 0 bridgehead atoms. The first kappa shape index (κ1) is 16.5. The zero-order chi connectivity index (χ0) is 17.3. The van der Waals surface area contributed by atoms with Crippen LogP contribution < -0.4 is 0 Å². The third-order valence-corrected chi connectivity index (χ3v) is 4.61. The second-order valence-corrected chi connectivity index (χ2v) is 7.68. The van der Waals surface area contributed by atoms with Crippen molar-refractivity contribution in [2.45, 2.75) is 40.0 Å². The minimum atomic E-state index is 0.184. The van der Waals surface area contributed by atoms with E-state index in [0.29, 0.717) is 0 Å². The van der Waals surface area contributed by atoms with Crippen LogP contribution in [0.4, 0.5) is 0 Å². The van der Waals surface area contributed by atoms with E-state index in [1.807, 2.05) is 0 Å². The van der Waals surface area contributed by atoms with Crippen LogP contribution in [-0.2, 0) is 5.41 Å². The van der Waals surface area contributed by atoms with Crippen LogP contribution in [0.3, 0.4) is 0 Å². The number of hydrogen-bond acceptors (Lipinski definition) is 0. The molecule has 0 aliphatic rings. The smallest absolute Gasteiger partial charge is 0.0127 e. The van der Waals surface area contributed by atoms with Crippen LogP contribution in [0.2, 0.25) is 0 Å². The minimum Gasteiger partial charge on any atom is -0.0622 e. The summed E-state index contributed by atoms with van der Waals surface area (Å²) >= 11 is 0. The lowest BCUT2D eigenvalue weighted by atomic mass is 9.80. The van der Waals surface area contributed by atoms with E-state index in [9.17, 15) is 0 Å². The number of rotatable bonds is 2. The lowest BCUT2D eigenvalue weighted by molar-refractivity contribution is 0.582. The van der Waals surface area contributed by atoms with Crippen molar-refractivity contribution in [3.63, 3.8) is 0 Å². The summed E-state index contributed by atoms with van der Waals surface area (Å²) in [7, 11) is 0. The Labute approximate surface area is 146 Å². The van der Waals surface area contributed by atoms with E-state index in [0.717, 1.165) is 0 Å². The fourth-order valence-electron chi connectivity index (χ4n) is 3.80. The largest absolute Gasteiger partial charge is 0.0622 e. The molecular weight excluding hydrogens is 288 g/mol. The van der Waals surface area contributed by atoms with Crippen LogP contribution in [0.5, 0.6) is 0 Å². The van der Waals surface area contributed by atoms with Gasteiger partial charge in [-0.3, -0.25) is 0 Å². The molecular formula is C24H26. The minimum absolute atomic E-state index is 0.184. The highest BCUT2D eigenvalue weighted by Gasteiger charge is 2.19. The van der Waals surface area contributed by atoms with Gasteiger partial charge in [-0.25, -0.2) is 0 Å². The lowest BCUT2D eigenvalue weighted by Gasteiger charge is -2.25. The van der Waals surface area contributed by atoms with Crippen molar-refractivity contribution in [1.29, 1.82) is 0 Å².